The fourth-order valence-electron chi connectivity index (χ4n) is 9.45. The first kappa shape index (κ1) is 35.6. The number of fused-ring (bicyclic) bond motifs is 9. The number of thiophene rings is 1. The molecular formula is C57H35N5S. The fraction of sp³-hybridized carbons (Fsp3) is 0. The van der Waals surface area contributed by atoms with Crippen LogP contribution in [-0.2, 0) is 0 Å². The lowest BCUT2D eigenvalue weighted by Crippen LogP contribution is -1.98. The average Bonchev–Trinajstić information content (AvgIpc) is 4.01. The summed E-state index contributed by atoms with van der Waals surface area (Å²) in [5.74, 6) is 0.890. The molecule has 0 aliphatic carbocycles. The van der Waals surface area contributed by atoms with Crippen LogP contribution in [-0.4, -0.2) is 24.1 Å². The van der Waals surface area contributed by atoms with Crippen molar-refractivity contribution in [1.82, 2.24) is 24.1 Å². The van der Waals surface area contributed by atoms with E-state index >= 15 is 0 Å². The molecule has 0 radical (unpaired) electrons. The summed E-state index contributed by atoms with van der Waals surface area (Å²) in [6, 6.07) is 73.9. The Morgan fingerprint density at radius 2 is 0.905 bits per heavy atom. The Morgan fingerprint density at radius 3 is 1.65 bits per heavy atom. The molecule has 0 saturated carbocycles. The molecule has 0 bridgehead atoms. The summed E-state index contributed by atoms with van der Waals surface area (Å²) >= 11 is 1.74. The van der Waals surface area contributed by atoms with Crippen molar-refractivity contribution in [1.29, 1.82) is 0 Å². The van der Waals surface area contributed by atoms with E-state index in [0.717, 1.165) is 98.8 Å². The molecule has 6 heterocycles. The van der Waals surface area contributed by atoms with Gasteiger partial charge in [0.2, 0.25) is 0 Å². The van der Waals surface area contributed by atoms with E-state index in [1.807, 2.05) is 12.3 Å². The minimum atomic E-state index is 0.890. The molecule has 0 amide bonds. The van der Waals surface area contributed by atoms with Crippen LogP contribution in [0.25, 0.3) is 120 Å². The maximum Gasteiger partial charge on any atom is 0.138 e. The van der Waals surface area contributed by atoms with Gasteiger partial charge in [0.05, 0.1) is 48.5 Å². The third-order valence-electron chi connectivity index (χ3n) is 12.4. The molecule has 13 rings (SSSR count). The van der Waals surface area contributed by atoms with Gasteiger partial charge < -0.3 is 4.57 Å². The number of para-hydroxylation sites is 2. The van der Waals surface area contributed by atoms with Gasteiger partial charge in [0, 0.05) is 38.9 Å². The largest absolute Gasteiger partial charge is 0.309 e. The van der Waals surface area contributed by atoms with Gasteiger partial charge in [-0.15, -0.1) is 11.3 Å². The summed E-state index contributed by atoms with van der Waals surface area (Å²) in [5.41, 5.74) is 16.2. The van der Waals surface area contributed by atoms with Gasteiger partial charge in [0.1, 0.15) is 16.9 Å². The quantitative estimate of drug-likeness (QED) is 0.168. The summed E-state index contributed by atoms with van der Waals surface area (Å²) in [5, 5.41) is 4.82. The molecule has 0 N–H and O–H groups in total. The van der Waals surface area contributed by atoms with Gasteiger partial charge in [0.15, 0.2) is 0 Å². The van der Waals surface area contributed by atoms with E-state index in [2.05, 4.69) is 209 Å². The van der Waals surface area contributed by atoms with E-state index in [1.54, 1.807) is 11.3 Å². The van der Waals surface area contributed by atoms with Gasteiger partial charge in [-0.05, 0) is 95.1 Å². The van der Waals surface area contributed by atoms with Crippen molar-refractivity contribution in [2.45, 2.75) is 0 Å². The number of hydrogen-bond donors (Lipinski definition) is 0. The lowest BCUT2D eigenvalue weighted by Gasteiger charge is -2.14. The fourth-order valence-corrected chi connectivity index (χ4v) is 10.5. The first-order chi connectivity index (χ1) is 31.2. The SMILES string of the molecule is c1ccc(-c2cc(-n3c4ccccc4c4ccc(-c5cccc(-c6ccc7c(c6)c6ccccc6n7-c6ccc7sc8cccnc8c7n6)c5)cc43)cc(-c3ccccc3)n2)cc1. The predicted octanol–water partition coefficient (Wildman–Crippen LogP) is 15.1. The van der Waals surface area contributed by atoms with Crippen molar-refractivity contribution in [3.63, 3.8) is 0 Å². The Bertz CT molecular complexity index is 3860. The molecule has 13 aromatic rings. The second-order valence-corrected chi connectivity index (χ2v) is 17.1. The van der Waals surface area contributed by atoms with E-state index in [0.29, 0.717) is 0 Å². The van der Waals surface area contributed by atoms with Crippen LogP contribution in [0.4, 0.5) is 0 Å². The molecule has 0 atom stereocenters. The molecule has 0 aliphatic heterocycles. The van der Waals surface area contributed by atoms with Gasteiger partial charge in [0.25, 0.3) is 0 Å². The summed E-state index contributed by atoms with van der Waals surface area (Å²) in [6.07, 6.45) is 1.85. The monoisotopic (exact) mass is 821 g/mol. The molecule has 6 aromatic heterocycles. The highest BCUT2D eigenvalue weighted by Gasteiger charge is 2.19. The highest BCUT2D eigenvalue weighted by Crippen LogP contribution is 2.40. The topological polar surface area (TPSA) is 48.5 Å². The number of nitrogens with zero attached hydrogens (tertiary/aromatic N) is 5. The lowest BCUT2D eigenvalue weighted by molar-refractivity contribution is 1.10. The maximum atomic E-state index is 5.23. The summed E-state index contributed by atoms with van der Waals surface area (Å²) in [6.45, 7) is 0. The summed E-state index contributed by atoms with van der Waals surface area (Å²) < 4.78 is 6.99. The van der Waals surface area contributed by atoms with Crippen LogP contribution < -0.4 is 0 Å². The van der Waals surface area contributed by atoms with E-state index < -0.39 is 0 Å². The van der Waals surface area contributed by atoms with Crippen LogP contribution >= 0.6 is 11.3 Å². The highest BCUT2D eigenvalue weighted by atomic mass is 32.1. The van der Waals surface area contributed by atoms with E-state index in [1.165, 1.54) is 21.5 Å². The van der Waals surface area contributed by atoms with Crippen molar-refractivity contribution in [3.05, 3.63) is 212 Å². The third kappa shape index (κ3) is 5.80. The van der Waals surface area contributed by atoms with E-state index in [-0.39, 0.29) is 0 Å². The second kappa shape index (κ2) is 14.2. The average molecular weight is 822 g/mol. The van der Waals surface area contributed by atoms with Crippen molar-refractivity contribution < 1.29 is 0 Å². The highest BCUT2D eigenvalue weighted by molar-refractivity contribution is 7.25. The first-order valence-electron chi connectivity index (χ1n) is 21.2. The van der Waals surface area contributed by atoms with Gasteiger partial charge in [-0.2, -0.15) is 0 Å². The Labute approximate surface area is 366 Å². The van der Waals surface area contributed by atoms with E-state index in [4.69, 9.17) is 15.0 Å². The van der Waals surface area contributed by atoms with Crippen LogP contribution in [0.15, 0.2) is 212 Å². The molecule has 6 heteroatoms. The zero-order chi connectivity index (χ0) is 41.4. The van der Waals surface area contributed by atoms with Crippen LogP contribution in [0.3, 0.4) is 0 Å². The van der Waals surface area contributed by atoms with Crippen molar-refractivity contribution >= 4 is 75.4 Å². The smallest absolute Gasteiger partial charge is 0.138 e. The number of hydrogen-bond acceptors (Lipinski definition) is 4. The first-order valence-corrected chi connectivity index (χ1v) is 22.0. The van der Waals surface area contributed by atoms with Crippen molar-refractivity contribution in [3.8, 4) is 56.3 Å². The molecular weight excluding hydrogens is 787 g/mol. The van der Waals surface area contributed by atoms with Gasteiger partial charge in [-0.3, -0.25) is 9.55 Å². The third-order valence-corrected chi connectivity index (χ3v) is 13.5. The zero-order valence-corrected chi connectivity index (χ0v) is 34.7. The van der Waals surface area contributed by atoms with Gasteiger partial charge in [-0.1, -0.05) is 133 Å². The van der Waals surface area contributed by atoms with Crippen LogP contribution in [0.2, 0.25) is 0 Å². The molecule has 5 nitrogen and oxygen atoms in total. The van der Waals surface area contributed by atoms with Crippen LogP contribution in [0.5, 0.6) is 0 Å². The summed E-state index contributed by atoms with van der Waals surface area (Å²) in [7, 11) is 0. The summed E-state index contributed by atoms with van der Waals surface area (Å²) in [4.78, 5) is 15.1. The van der Waals surface area contributed by atoms with Crippen molar-refractivity contribution in [2.24, 2.45) is 0 Å². The molecule has 0 spiro atoms. The van der Waals surface area contributed by atoms with E-state index in [9.17, 15) is 0 Å². The Kier molecular flexibility index (Phi) is 8.01. The standard InChI is InChI=1S/C57H35N5S/c1-3-13-36(14-4-1)47-34-42(35-48(59-47)37-15-5-2-6-16-37)61-49-21-9-7-19-43(49)45-26-24-41(33-52(45)61)39-18-11-17-38(31-39)40-25-27-51-46(32-40)44-20-8-10-22-50(44)62(51)55-29-28-54-57(60-55)56-53(63-54)23-12-30-58-56/h1-35H. The molecule has 7 aromatic carbocycles. The number of pyridine rings is 3. The Balaban J connectivity index is 0.942. The number of aromatic nitrogens is 5. The Hall–Kier alpha value is -8.19. The number of rotatable bonds is 6. The molecule has 0 saturated heterocycles. The number of benzene rings is 7. The predicted molar refractivity (Wildman–Crippen MR) is 263 cm³/mol. The molecule has 0 aliphatic rings. The van der Waals surface area contributed by atoms with Crippen molar-refractivity contribution in [2.75, 3.05) is 0 Å². The molecule has 0 fully saturated rings. The Morgan fingerprint density at radius 1 is 0.333 bits per heavy atom. The normalized spacial score (nSPS) is 11.8. The minimum Gasteiger partial charge on any atom is -0.309 e. The zero-order valence-electron chi connectivity index (χ0n) is 33.9. The van der Waals surface area contributed by atoms with Gasteiger partial charge in [-0.25, -0.2) is 9.97 Å². The second-order valence-electron chi connectivity index (χ2n) is 16.0. The lowest BCUT2D eigenvalue weighted by atomic mass is 9.97. The van der Waals surface area contributed by atoms with Crippen LogP contribution in [0, 0.1) is 0 Å². The molecule has 0 unspecified atom stereocenters. The minimum absolute atomic E-state index is 0.890. The van der Waals surface area contributed by atoms with Crippen LogP contribution in [0.1, 0.15) is 0 Å². The van der Waals surface area contributed by atoms with Gasteiger partial charge >= 0.3 is 0 Å². The maximum absolute atomic E-state index is 5.23. The molecule has 294 valence electrons. The molecule has 63 heavy (non-hydrogen) atoms.